The van der Waals surface area contributed by atoms with Gasteiger partial charge >= 0.3 is 25.9 Å². The number of hydrogen-bond acceptors (Lipinski definition) is 3. The normalized spacial score (nSPS) is 10.5. The maximum absolute atomic E-state index is 10.7. The number of hydrogen-bond donors (Lipinski definition) is 0. The Kier molecular flexibility index (Phi) is 18.7. The van der Waals surface area contributed by atoms with Gasteiger partial charge in [0.15, 0.2) is 10.1 Å². The van der Waals surface area contributed by atoms with E-state index in [1.54, 1.807) is 0 Å². The van der Waals surface area contributed by atoms with E-state index < -0.39 is 31.5 Å². The Morgan fingerprint density at radius 2 is 0.600 bits per heavy atom. The molecule has 0 aliphatic rings. The van der Waals surface area contributed by atoms with Crippen molar-refractivity contribution in [2.75, 3.05) is 0 Å². The molecule has 0 bridgehead atoms. The third-order valence-electron chi connectivity index (χ3n) is 6.37. The monoisotopic (exact) mass is 820 g/mol. The fourth-order valence-corrected chi connectivity index (χ4v) is 8.97. The molecule has 0 aliphatic carbocycles. The van der Waals surface area contributed by atoms with Crippen LogP contribution in [0.3, 0.4) is 0 Å². The Bertz CT molecular complexity index is 1580. The fraction of sp³-hybridized carbons (Fsp3) is 0.0250. The van der Waals surface area contributed by atoms with Crippen LogP contribution in [-0.4, -0.2) is 18.5 Å². The van der Waals surface area contributed by atoms with E-state index in [2.05, 4.69) is 195 Å². The Hall–Kier alpha value is -3.85. The largest absolute Gasteiger partial charge is 2.00 e. The molecule has 6 rings (SSSR count). The second-order valence-electron chi connectivity index (χ2n) is 9.87. The number of rotatable bonds is 6. The predicted molar refractivity (Wildman–Crippen MR) is 202 cm³/mol. The second-order valence-corrected chi connectivity index (χ2v) is 15.7. The van der Waals surface area contributed by atoms with Crippen molar-refractivity contribution in [2.24, 2.45) is 0 Å². The molecular weight excluding hydrogens is 786 g/mol. The Balaban J connectivity index is 0.000000266. The fourth-order valence-electron chi connectivity index (χ4n) is 4.36. The summed E-state index contributed by atoms with van der Waals surface area (Å²) in [7, 11) is -6.98. The summed E-state index contributed by atoms with van der Waals surface area (Å²) in [5, 5.41) is 8.39. The van der Waals surface area contributed by atoms with Gasteiger partial charge in [0.05, 0.1) is 0 Å². The van der Waals surface area contributed by atoms with Gasteiger partial charge in [0.1, 0.15) is 0 Å². The van der Waals surface area contributed by atoms with Crippen molar-refractivity contribution in [1.29, 1.82) is 0 Å². The van der Waals surface area contributed by atoms with Crippen LogP contribution in [0.25, 0.3) is 0 Å². The third kappa shape index (κ3) is 13.8. The topological polar surface area (TPSA) is 57.2 Å². The molecule has 0 aromatic heterocycles. The molecule has 50 heavy (non-hydrogen) atoms. The van der Waals surface area contributed by atoms with E-state index in [0.29, 0.717) is 0 Å². The van der Waals surface area contributed by atoms with Crippen LogP contribution in [0.15, 0.2) is 195 Å². The first-order valence-corrected chi connectivity index (χ1v) is 19.0. The Labute approximate surface area is 309 Å². The summed E-state index contributed by atoms with van der Waals surface area (Å²) in [6.45, 7) is 6.50. The number of alkyl halides is 3. The molecule has 6 aromatic carbocycles. The molecule has 3 nitrogen and oxygen atoms in total. The van der Waals surface area contributed by atoms with Gasteiger partial charge in [-0.15, -0.1) is 0 Å². The molecule has 0 unspecified atom stereocenters. The summed E-state index contributed by atoms with van der Waals surface area (Å²) < 4.78 is 58.9. The van der Waals surface area contributed by atoms with Crippen molar-refractivity contribution in [3.05, 3.63) is 202 Å². The first-order chi connectivity index (χ1) is 23.6. The summed E-state index contributed by atoms with van der Waals surface area (Å²) in [6.07, 6.45) is 1.50. The molecule has 0 aliphatic heterocycles. The molecule has 0 N–H and O–H groups in total. The van der Waals surface area contributed by atoms with Gasteiger partial charge in [-0.3, -0.25) is 0 Å². The first kappa shape index (κ1) is 42.3. The van der Waals surface area contributed by atoms with Crippen LogP contribution in [0.4, 0.5) is 13.2 Å². The third-order valence-corrected chi connectivity index (χ3v) is 11.8. The van der Waals surface area contributed by atoms with Gasteiger partial charge < -0.3 is 4.55 Å². The van der Waals surface area contributed by atoms with Crippen molar-refractivity contribution in [1.82, 2.24) is 0 Å². The summed E-state index contributed by atoms with van der Waals surface area (Å²) >= 11 is 0. The van der Waals surface area contributed by atoms with Crippen molar-refractivity contribution >= 4 is 57.8 Å². The van der Waals surface area contributed by atoms with Gasteiger partial charge in [-0.05, 0) is 47.7 Å². The van der Waals surface area contributed by atoms with Gasteiger partial charge in [-0.1, -0.05) is 182 Å². The van der Waals surface area contributed by atoms with Crippen LogP contribution in [0.2, 0.25) is 0 Å². The summed E-state index contributed by atoms with van der Waals surface area (Å²) in [4.78, 5) is 0. The van der Waals surface area contributed by atoms with E-state index in [1.807, 2.05) is 0 Å². The van der Waals surface area contributed by atoms with Gasteiger partial charge in [0.25, 0.3) is 0 Å². The molecule has 0 atom stereocenters. The van der Waals surface area contributed by atoms with E-state index in [9.17, 15) is 13.2 Å². The summed E-state index contributed by atoms with van der Waals surface area (Å²) in [5.74, 6) is 0. The maximum atomic E-state index is 10.7. The van der Waals surface area contributed by atoms with E-state index in [0.717, 1.165) is 0 Å². The van der Waals surface area contributed by atoms with Crippen LogP contribution >= 0.6 is 15.8 Å². The average molecular weight is 821 g/mol. The molecule has 6 aromatic rings. The van der Waals surface area contributed by atoms with Gasteiger partial charge in [-0.25, -0.2) is 28.0 Å². The zero-order valence-electron chi connectivity index (χ0n) is 26.8. The molecule has 0 fully saturated rings. The van der Waals surface area contributed by atoms with Gasteiger partial charge in [0.2, 0.25) is 0 Å². The molecule has 0 heterocycles. The maximum Gasteiger partial charge on any atom is 2.00 e. The molecule has 260 valence electrons. The summed E-state index contributed by atoms with van der Waals surface area (Å²) in [5.41, 5.74) is -5.65. The van der Waals surface area contributed by atoms with E-state index in [-0.39, 0.29) is 20.4 Å². The van der Waals surface area contributed by atoms with Crippen molar-refractivity contribution in [3.8, 4) is 0 Å². The minimum absolute atomic E-state index is 0. The van der Waals surface area contributed by atoms with Crippen molar-refractivity contribution in [2.45, 2.75) is 5.51 Å². The summed E-state index contributed by atoms with van der Waals surface area (Å²) in [6, 6.07) is 64.7. The van der Waals surface area contributed by atoms with Crippen LogP contribution in [0, 0.1) is 6.92 Å². The van der Waals surface area contributed by atoms with E-state index in [1.165, 1.54) is 37.9 Å². The Morgan fingerprint density at radius 3 is 0.700 bits per heavy atom. The SMILES string of the molecule is C=C[CH2-].O=S(=O)([O-])C(F)(F)F.[Pd+2].c1ccc(P(c2ccccc2)c2ccccc2)cc1.c1ccc(P(c2ccccc2)c2ccccc2)cc1. The molecule has 0 saturated carbocycles. The molecule has 0 spiro atoms. The quantitative estimate of drug-likeness (QED) is 0.0564. The van der Waals surface area contributed by atoms with Crippen LogP contribution < -0.4 is 31.8 Å². The molecule has 10 heteroatoms. The number of allylic oxidation sites excluding steroid dienone is 1. The van der Waals surface area contributed by atoms with Crippen molar-refractivity contribution < 1.29 is 46.6 Å². The molecular formula is C40H35F3O3P2PdS. The smallest absolute Gasteiger partial charge is 0.741 e. The first-order valence-electron chi connectivity index (χ1n) is 14.9. The van der Waals surface area contributed by atoms with Crippen LogP contribution in [0.1, 0.15) is 0 Å². The minimum Gasteiger partial charge on any atom is -0.741 e. The minimum atomic E-state index is -6.09. The van der Waals surface area contributed by atoms with Gasteiger partial charge in [0, 0.05) is 0 Å². The predicted octanol–water partition coefficient (Wildman–Crippen LogP) is 7.94. The van der Waals surface area contributed by atoms with E-state index >= 15 is 0 Å². The molecule has 0 radical (unpaired) electrons. The zero-order chi connectivity index (χ0) is 35.5. The molecule has 0 amide bonds. The Morgan fingerprint density at radius 1 is 0.480 bits per heavy atom. The van der Waals surface area contributed by atoms with E-state index in [4.69, 9.17) is 13.0 Å². The standard InChI is InChI=1S/2C18H15P.C3H5.CHF3O3S.Pd/c2*1-4-10-16(11-5-1)19(17-12-6-2-7-13-17)18-14-8-3-9-15-18;1-3-2;2-1(3,4)8(5,6)7;/h2*1-15H;3H,1-2H2;(H,5,6,7);/q;;-1;;+2/p-1. The zero-order valence-corrected chi connectivity index (χ0v) is 30.9. The van der Waals surface area contributed by atoms with Crippen LogP contribution in [-0.2, 0) is 30.5 Å². The number of benzene rings is 6. The van der Waals surface area contributed by atoms with Crippen LogP contribution in [0.5, 0.6) is 0 Å². The molecule has 0 saturated heterocycles. The number of halogens is 3. The second kappa shape index (κ2) is 22.1. The van der Waals surface area contributed by atoms with Crippen molar-refractivity contribution in [3.63, 3.8) is 0 Å². The van der Waals surface area contributed by atoms with Gasteiger partial charge in [-0.2, -0.15) is 13.2 Å². The average Bonchev–Trinajstić information content (AvgIpc) is 3.12.